The fourth-order valence-electron chi connectivity index (χ4n) is 1.94. The lowest BCUT2D eigenvalue weighted by Crippen LogP contribution is -2.32. The van der Waals surface area contributed by atoms with E-state index in [1.807, 2.05) is 11.9 Å². The van der Waals surface area contributed by atoms with Crippen LogP contribution >= 0.6 is 11.6 Å². The third kappa shape index (κ3) is 3.46. The number of likely N-dealkylation sites (tertiary alicyclic amines) is 1. The van der Waals surface area contributed by atoms with Crippen molar-refractivity contribution in [3.05, 3.63) is 0 Å². The number of alkyl halides is 1. The third-order valence-electron chi connectivity index (χ3n) is 2.76. The molecule has 1 atom stereocenters. The van der Waals surface area contributed by atoms with Gasteiger partial charge in [-0.05, 0) is 25.9 Å². The summed E-state index contributed by atoms with van der Waals surface area (Å²) in [5.41, 5.74) is 0. The van der Waals surface area contributed by atoms with Gasteiger partial charge in [-0.25, -0.2) is 0 Å². The van der Waals surface area contributed by atoms with Gasteiger partial charge in [-0.3, -0.25) is 4.79 Å². The number of amides is 1. The highest BCUT2D eigenvalue weighted by atomic mass is 35.5. The first-order valence-corrected chi connectivity index (χ1v) is 5.65. The van der Waals surface area contributed by atoms with E-state index >= 15 is 0 Å². The van der Waals surface area contributed by atoms with Crippen molar-refractivity contribution in [1.29, 1.82) is 0 Å². The molecule has 0 aromatic rings. The molecule has 1 saturated heterocycles. The zero-order valence-electron chi connectivity index (χ0n) is 9.00. The molecule has 1 rings (SSSR count). The Morgan fingerprint density at radius 3 is 2.86 bits per heavy atom. The molecule has 1 aliphatic heterocycles. The molecule has 3 nitrogen and oxygen atoms in total. The highest BCUT2D eigenvalue weighted by Crippen LogP contribution is 2.15. The van der Waals surface area contributed by atoms with Gasteiger partial charge in [0.2, 0.25) is 5.91 Å². The molecular formula is C10H19ClN2O. The van der Waals surface area contributed by atoms with Crippen molar-refractivity contribution in [1.82, 2.24) is 9.80 Å². The lowest BCUT2D eigenvalue weighted by atomic mass is 10.1. The molecule has 0 radical (unpaired) electrons. The number of nitrogens with zero attached hydrogens (tertiary/aromatic N) is 2. The first-order chi connectivity index (χ1) is 6.63. The van der Waals surface area contributed by atoms with Gasteiger partial charge in [0.25, 0.3) is 0 Å². The van der Waals surface area contributed by atoms with Crippen molar-refractivity contribution >= 4 is 17.5 Å². The molecule has 82 valence electrons. The summed E-state index contributed by atoms with van der Waals surface area (Å²) in [5, 5.41) is 0. The molecule has 1 amide bonds. The van der Waals surface area contributed by atoms with Gasteiger partial charge < -0.3 is 9.80 Å². The molecule has 1 unspecified atom stereocenters. The van der Waals surface area contributed by atoms with Crippen molar-refractivity contribution in [2.24, 2.45) is 5.92 Å². The summed E-state index contributed by atoms with van der Waals surface area (Å²) >= 11 is 5.52. The molecule has 4 heteroatoms. The van der Waals surface area contributed by atoms with Crippen LogP contribution in [0.5, 0.6) is 0 Å². The fraction of sp³-hybridized carbons (Fsp3) is 0.900. The van der Waals surface area contributed by atoms with Crippen molar-refractivity contribution in [2.75, 3.05) is 39.6 Å². The third-order valence-corrected chi connectivity index (χ3v) is 2.94. The van der Waals surface area contributed by atoms with E-state index in [1.54, 1.807) is 0 Å². The van der Waals surface area contributed by atoms with Crippen LogP contribution < -0.4 is 0 Å². The number of carbonyl (C=O) groups excluding carboxylic acids is 1. The highest BCUT2D eigenvalue weighted by Gasteiger charge is 2.22. The Kier molecular flexibility index (Phi) is 4.69. The largest absolute Gasteiger partial charge is 0.345 e. The Morgan fingerprint density at radius 1 is 1.64 bits per heavy atom. The fourth-order valence-corrected chi connectivity index (χ4v) is 2.10. The zero-order valence-corrected chi connectivity index (χ0v) is 9.76. The molecule has 0 spiro atoms. The van der Waals surface area contributed by atoms with Crippen LogP contribution in [-0.4, -0.2) is 55.3 Å². The quantitative estimate of drug-likeness (QED) is 0.658. The van der Waals surface area contributed by atoms with Crippen molar-refractivity contribution in [2.45, 2.75) is 12.8 Å². The Hall–Kier alpha value is -0.280. The van der Waals surface area contributed by atoms with Gasteiger partial charge in [0.15, 0.2) is 0 Å². The van der Waals surface area contributed by atoms with Gasteiger partial charge >= 0.3 is 0 Å². The van der Waals surface area contributed by atoms with Crippen LogP contribution in [0.1, 0.15) is 12.8 Å². The average Bonchev–Trinajstić information content (AvgIpc) is 2.51. The maximum absolute atomic E-state index is 11.4. The topological polar surface area (TPSA) is 23.6 Å². The van der Waals surface area contributed by atoms with Crippen LogP contribution in [0.25, 0.3) is 0 Å². The predicted octanol–water partition coefficient (Wildman–Crippen LogP) is 1.03. The molecule has 1 aliphatic rings. The van der Waals surface area contributed by atoms with E-state index in [1.165, 1.54) is 6.42 Å². The Bertz CT molecular complexity index is 199. The number of halogens is 1. The summed E-state index contributed by atoms with van der Waals surface area (Å²) < 4.78 is 0. The molecule has 0 N–H and O–H groups in total. The molecule has 1 heterocycles. The van der Waals surface area contributed by atoms with Gasteiger partial charge in [0.1, 0.15) is 0 Å². The lowest BCUT2D eigenvalue weighted by Gasteiger charge is -2.20. The van der Waals surface area contributed by atoms with Gasteiger partial charge in [-0.1, -0.05) is 0 Å². The smallest absolute Gasteiger partial charge is 0.223 e. The second-order valence-corrected chi connectivity index (χ2v) is 4.51. The molecule has 1 fully saturated rings. The average molecular weight is 219 g/mol. The van der Waals surface area contributed by atoms with Crippen LogP contribution in [0.15, 0.2) is 0 Å². The molecule has 0 bridgehead atoms. The van der Waals surface area contributed by atoms with Crippen molar-refractivity contribution in [3.8, 4) is 0 Å². The Morgan fingerprint density at radius 2 is 2.36 bits per heavy atom. The number of rotatable bonds is 4. The van der Waals surface area contributed by atoms with Crippen LogP contribution in [0.4, 0.5) is 0 Å². The molecular weight excluding hydrogens is 200 g/mol. The molecule has 14 heavy (non-hydrogen) atoms. The molecule has 0 aromatic heterocycles. The minimum atomic E-state index is 0.162. The normalized spacial score (nSPS) is 22.6. The van der Waals surface area contributed by atoms with Crippen LogP contribution in [0.2, 0.25) is 0 Å². The van der Waals surface area contributed by atoms with Crippen molar-refractivity contribution in [3.63, 3.8) is 0 Å². The standard InChI is InChI=1S/C10H19ClN2O/c1-12-6-4-9(7-12)8-13(2)10(14)3-5-11/h9H,3-8H2,1-2H3. The maximum Gasteiger partial charge on any atom is 0.223 e. The minimum absolute atomic E-state index is 0.162. The zero-order chi connectivity index (χ0) is 10.6. The van der Waals surface area contributed by atoms with E-state index in [2.05, 4.69) is 11.9 Å². The van der Waals surface area contributed by atoms with E-state index in [9.17, 15) is 4.79 Å². The number of hydrogen-bond acceptors (Lipinski definition) is 2. The molecule has 0 aliphatic carbocycles. The maximum atomic E-state index is 11.4. The summed E-state index contributed by atoms with van der Waals surface area (Å²) in [4.78, 5) is 15.6. The minimum Gasteiger partial charge on any atom is -0.345 e. The summed E-state index contributed by atoms with van der Waals surface area (Å²) in [6, 6.07) is 0. The number of carbonyl (C=O) groups is 1. The van der Waals surface area contributed by atoms with Crippen LogP contribution in [0, 0.1) is 5.92 Å². The predicted molar refractivity (Wildman–Crippen MR) is 58.6 cm³/mol. The monoisotopic (exact) mass is 218 g/mol. The van der Waals surface area contributed by atoms with Gasteiger partial charge in [0.05, 0.1) is 0 Å². The highest BCUT2D eigenvalue weighted by molar-refractivity contribution is 6.18. The molecule has 0 aromatic carbocycles. The van der Waals surface area contributed by atoms with Crippen LogP contribution in [-0.2, 0) is 4.79 Å². The van der Waals surface area contributed by atoms with E-state index in [0.29, 0.717) is 18.2 Å². The van der Waals surface area contributed by atoms with Crippen molar-refractivity contribution < 1.29 is 4.79 Å². The second-order valence-electron chi connectivity index (χ2n) is 4.13. The van der Waals surface area contributed by atoms with Crippen LogP contribution in [0.3, 0.4) is 0 Å². The Balaban J connectivity index is 2.26. The van der Waals surface area contributed by atoms with Gasteiger partial charge in [-0.2, -0.15) is 0 Å². The summed E-state index contributed by atoms with van der Waals surface area (Å²) in [7, 11) is 3.99. The Labute approximate surface area is 91.0 Å². The summed E-state index contributed by atoms with van der Waals surface area (Å²) in [5.74, 6) is 1.23. The van der Waals surface area contributed by atoms with E-state index in [4.69, 9.17) is 11.6 Å². The van der Waals surface area contributed by atoms with E-state index in [0.717, 1.165) is 19.6 Å². The first-order valence-electron chi connectivity index (χ1n) is 5.12. The lowest BCUT2D eigenvalue weighted by molar-refractivity contribution is -0.129. The second kappa shape index (κ2) is 5.56. The summed E-state index contributed by atoms with van der Waals surface area (Å²) in [6.45, 7) is 3.14. The first kappa shape index (κ1) is 11.8. The molecule has 0 saturated carbocycles. The number of hydrogen-bond donors (Lipinski definition) is 0. The van der Waals surface area contributed by atoms with Gasteiger partial charge in [-0.15, -0.1) is 11.6 Å². The summed E-state index contributed by atoms with van der Waals surface area (Å²) in [6.07, 6.45) is 1.66. The SMILES string of the molecule is CN1CCC(CN(C)C(=O)CCCl)C1. The van der Waals surface area contributed by atoms with E-state index in [-0.39, 0.29) is 5.91 Å². The van der Waals surface area contributed by atoms with E-state index < -0.39 is 0 Å². The van der Waals surface area contributed by atoms with Gasteiger partial charge in [0, 0.05) is 32.4 Å².